The van der Waals surface area contributed by atoms with Crippen LogP contribution in [0.4, 0.5) is 0 Å². The fourth-order valence-corrected chi connectivity index (χ4v) is 1.82. The molecule has 1 aromatic carbocycles. The van der Waals surface area contributed by atoms with E-state index in [-0.39, 0.29) is 0 Å². The molecule has 2 nitrogen and oxygen atoms in total. The molecule has 0 aliphatic rings. The zero-order valence-corrected chi connectivity index (χ0v) is 10.2. The Morgan fingerprint density at radius 1 is 1.12 bits per heavy atom. The molecule has 0 amide bonds. The second-order valence-corrected chi connectivity index (χ2v) is 4.24. The Morgan fingerprint density at radius 2 is 2.06 bits per heavy atom. The highest BCUT2D eigenvalue weighted by Crippen LogP contribution is 2.04. The molecule has 0 atom stereocenters. The van der Waals surface area contributed by atoms with Crippen LogP contribution in [0.3, 0.4) is 0 Å². The third kappa shape index (κ3) is 4.00. The quantitative estimate of drug-likeness (QED) is 0.793. The third-order valence-electron chi connectivity index (χ3n) is 2.71. The Morgan fingerprint density at radius 3 is 2.82 bits per heavy atom. The largest absolute Gasteiger partial charge is 0.311 e. The van der Waals surface area contributed by atoms with Crippen LogP contribution in [0.25, 0.3) is 0 Å². The van der Waals surface area contributed by atoms with Crippen LogP contribution in [0.1, 0.15) is 16.8 Å². The number of pyridine rings is 1. The lowest BCUT2D eigenvalue weighted by molar-refractivity contribution is 0.674. The number of hydrogen-bond acceptors (Lipinski definition) is 2. The monoisotopic (exact) mass is 226 g/mol. The molecule has 0 aliphatic carbocycles. The summed E-state index contributed by atoms with van der Waals surface area (Å²) in [6, 6.07) is 14.7. The number of nitrogens with zero attached hydrogens (tertiary/aromatic N) is 1. The molecule has 0 saturated carbocycles. The summed E-state index contributed by atoms with van der Waals surface area (Å²) in [4.78, 5) is 4.27. The molecule has 1 aromatic heterocycles. The van der Waals surface area contributed by atoms with E-state index in [4.69, 9.17) is 0 Å². The van der Waals surface area contributed by atoms with E-state index in [1.54, 1.807) is 0 Å². The van der Waals surface area contributed by atoms with Crippen molar-refractivity contribution in [3.8, 4) is 0 Å². The average Bonchev–Trinajstić information content (AvgIpc) is 2.36. The van der Waals surface area contributed by atoms with Gasteiger partial charge in [-0.1, -0.05) is 35.9 Å². The number of nitrogens with one attached hydrogen (secondary N) is 1. The lowest BCUT2D eigenvalue weighted by Crippen LogP contribution is -2.17. The Balaban J connectivity index is 1.73. The van der Waals surface area contributed by atoms with Crippen molar-refractivity contribution < 1.29 is 0 Å². The average molecular weight is 226 g/mol. The van der Waals surface area contributed by atoms with Crippen molar-refractivity contribution in [1.82, 2.24) is 10.3 Å². The van der Waals surface area contributed by atoms with Crippen molar-refractivity contribution in [3.63, 3.8) is 0 Å². The van der Waals surface area contributed by atoms with Crippen LogP contribution in [0.15, 0.2) is 48.7 Å². The normalized spacial score (nSPS) is 10.4. The van der Waals surface area contributed by atoms with Gasteiger partial charge in [-0.2, -0.15) is 0 Å². The van der Waals surface area contributed by atoms with Crippen molar-refractivity contribution in [2.45, 2.75) is 19.9 Å². The van der Waals surface area contributed by atoms with Crippen molar-refractivity contribution >= 4 is 0 Å². The summed E-state index contributed by atoms with van der Waals surface area (Å²) in [7, 11) is 0. The van der Waals surface area contributed by atoms with Crippen LogP contribution in [0.5, 0.6) is 0 Å². The van der Waals surface area contributed by atoms with E-state index in [9.17, 15) is 0 Å². The van der Waals surface area contributed by atoms with E-state index in [0.29, 0.717) is 0 Å². The minimum atomic E-state index is 0.840. The summed E-state index contributed by atoms with van der Waals surface area (Å²) in [5.41, 5.74) is 3.81. The summed E-state index contributed by atoms with van der Waals surface area (Å²) >= 11 is 0. The number of hydrogen-bond donors (Lipinski definition) is 1. The minimum Gasteiger partial charge on any atom is -0.311 e. The van der Waals surface area contributed by atoms with Crippen LogP contribution in [0, 0.1) is 6.92 Å². The number of rotatable bonds is 5. The highest BCUT2D eigenvalue weighted by Gasteiger charge is 1.95. The molecular weight excluding hydrogens is 208 g/mol. The van der Waals surface area contributed by atoms with Crippen LogP contribution in [-0.2, 0) is 13.0 Å². The van der Waals surface area contributed by atoms with Gasteiger partial charge in [-0.15, -0.1) is 0 Å². The molecule has 1 N–H and O–H groups in total. The van der Waals surface area contributed by atoms with E-state index in [1.807, 2.05) is 24.4 Å². The van der Waals surface area contributed by atoms with E-state index in [0.717, 1.165) is 25.2 Å². The highest BCUT2D eigenvalue weighted by atomic mass is 14.9. The maximum absolute atomic E-state index is 4.27. The lowest BCUT2D eigenvalue weighted by atomic mass is 10.1. The standard InChI is InChI=1S/C15H18N2/c1-13-5-4-6-14(11-13)8-10-16-12-15-7-2-3-9-17-15/h2-7,9,11,16H,8,10,12H2,1H3. The number of aryl methyl sites for hydroxylation is 1. The molecule has 0 fully saturated rings. The van der Waals surface area contributed by atoms with Gasteiger partial charge in [-0.25, -0.2) is 0 Å². The van der Waals surface area contributed by atoms with Crippen LogP contribution in [-0.4, -0.2) is 11.5 Å². The molecule has 17 heavy (non-hydrogen) atoms. The fraction of sp³-hybridized carbons (Fsp3) is 0.267. The van der Waals surface area contributed by atoms with E-state index in [2.05, 4.69) is 41.5 Å². The summed E-state index contributed by atoms with van der Waals surface area (Å²) in [6.45, 7) is 3.96. The summed E-state index contributed by atoms with van der Waals surface area (Å²) in [6.07, 6.45) is 2.89. The maximum atomic E-state index is 4.27. The van der Waals surface area contributed by atoms with Crippen molar-refractivity contribution in [3.05, 3.63) is 65.5 Å². The van der Waals surface area contributed by atoms with Gasteiger partial charge in [0.05, 0.1) is 5.69 Å². The molecule has 0 aliphatic heterocycles. The van der Waals surface area contributed by atoms with Gasteiger partial charge in [0.25, 0.3) is 0 Å². The van der Waals surface area contributed by atoms with E-state index >= 15 is 0 Å². The summed E-state index contributed by atoms with van der Waals surface area (Å²) < 4.78 is 0. The first-order valence-corrected chi connectivity index (χ1v) is 6.01. The lowest BCUT2D eigenvalue weighted by Gasteiger charge is -2.05. The second-order valence-electron chi connectivity index (χ2n) is 4.24. The van der Waals surface area contributed by atoms with Crippen LogP contribution in [0.2, 0.25) is 0 Å². The topological polar surface area (TPSA) is 24.9 Å². The Kier molecular flexibility index (Phi) is 4.28. The van der Waals surface area contributed by atoms with E-state index in [1.165, 1.54) is 11.1 Å². The molecule has 2 aromatic rings. The molecule has 88 valence electrons. The second kappa shape index (κ2) is 6.16. The minimum absolute atomic E-state index is 0.840. The molecule has 0 spiro atoms. The highest BCUT2D eigenvalue weighted by molar-refractivity contribution is 5.22. The van der Waals surface area contributed by atoms with E-state index < -0.39 is 0 Å². The van der Waals surface area contributed by atoms with Gasteiger partial charge in [0.2, 0.25) is 0 Å². The maximum Gasteiger partial charge on any atom is 0.0541 e. The van der Waals surface area contributed by atoms with Gasteiger partial charge in [0.1, 0.15) is 0 Å². The molecule has 0 radical (unpaired) electrons. The SMILES string of the molecule is Cc1cccc(CCNCc2ccccn2)c1. The van der Waals surface area contributed by atoms with Crippen molar-refractivity contribution in [2.75, 3.05) is 6.54 Å². The fourth-order valence-electron chi connectivity index (χ4n) is 1.82. The summed E-state index contributed by atoms with van der Waals surface area (Å²) in [5, 5.41) is 3.41. The predicted octanol–water partition coefficient (Wildman–Crippen LogP) is 2.72. The molecule has 0 unspecified atom stereocenters. The zero-order valence-electron chi connectivity index (χ0n) is 10.2. The first-order valence-electron chi connectivity index (χ1n) is 6.01. The third-order valence-corrected chi connectivity index (χ3v) is 2.71. The van der Waals surface area contributed by atoms with Gasteiger partial charge in [-0.3, -0.25) is 4.98 Å². The predicted molar refractivity (Wildman–Crippen MR) is 70.8 cm³/mol. The molecule has 1 heterocycles. The molecule has 0 bridgehead atoms. The number of benzene rings is 1. The first-order chi connectivity index (χ1) is 8.34. The van der Waals surface area contributed by atoms with Crippen molar-refractivity contribution in [1.29, 1.82) is 0 Å². The molecule has 0 saturated heterocycles. The number of aromatic nitrogens is 1. The van der Waals surface area contributed by atoms with Gasteiger partial charge < -0.3 is 5.32 Å². The molecule has 2 rings (SSSR count). The first kappa shape index (κ1) is 11.8. The van der Waals surface area contributed by atoms with Gasteiger partial charge in [-0.05, 0) is 37.6 Å². The smallest absolute Gasteiger partial charge is 0.0541 e. The Hall–Kier alpha value is -1.67. The molecule has 2 heteroatoms. The molecular formula is C15H18N2. The van der Waals surface area contributed by atoms with Gasteiger partial charge in [0, 0.05) is 12.7 Å². The van der Waals surface area contributed by atoms with Gasteiger partial charge >= 0.3 is 0 Å². The Labute approximate surface area is 103 Å². The summed E-state index contributed by atoms with van der Waals surface area (Å²) in [5.74, 6) is 0. The zero-order chi connectivity index (χ0) is 11.9. The van der Waals surface area contributed by atoms with Crippen molar-refractivity contribution in [2.24, 2.45) is 0 Å². The van der Waals surface area contributed by atoms with Crippen LogP contribution >= 0.6 is 0 Å². The van der Waals surface area contributed by atoms with Crippen LogP contribution < -0.4 is 5.32 Å². The Bertz CT molecular complexity index is 451. The van der Waals surface area contributed by atoms with Gasteiger partial charge in [0.15, 0.2) is 0 Å².